The molecule has 1 aliphatic heterocycles. The molecule has 0 saturated carbocycles. The van der Waals surface area contributed by atoms with E-state index < -0.39 is 0 Å². The van der Waals surface area contributed by atoms with E-state index in [-0.39, 0.29) is 11.5 Å². The van der Waals surface area contributed by atoms with Crippen LogP contribution in [0, 0.1) is 0 Å². The van der Waals surface area contributed by atoms with Crippen LogP contribution in [0.3, 0.4) is 0 Å². The zero-order valence-corrected chi connectivity index (χ0v) is 16.1. The van der Waals surface area contributed by atoms with Gasteiger partial charge in [-0.15, -0.1) is 0 Å². The van der Waals surface area contributed by atoms with Gasteiger partial charge in [-0.25, -0.2) is 4.68 Å². The van der Waals surface area contributed by atoms with Gasteiger partial charge < -0.3 is 9.80 Å². The summed E-state index contributed by atoms with van der Waals surface area (Å²) >= 11 is 9.23. The summed E-state index contributed by atoms with van der Waals surface area (Å²) in [7, 11) is 1.62. The largest absolute Gasteiger partial charge is 0.366 e. The highest BCUT2D eigenvalue weighted by Gasteiger charge is 2.23. The fourth-order valence-corrected chi connectivity index (χ4v) is 3.54. The number of benzene rings is 1. The average molecular weight is 426 g/mol. The summed E-state index contributed by atoms with van der Waals surface area (Å²) in [5.41, 5.74) is 1.56. The van der Waals surface area contributed by atoms with E-state index in [1.54, 1.807) is 25.4 Å². The summed E-state index contributed by atoms with van der Waals surface area (Å²) in [6.07, 6.45) is 2.05. The Morgan fingerprint density at radius 3 is 2.48 bits per heavy atom. The quantitative estimate of drug-likeness (QED) is 0.755. The van der Waals surface area contributed by atoms with Crippen LogP contribution in [0.15, 0.2) is 39.7 Å². The van der Waals surface area contributed by atoms with Crippen molar-refractivity contribution in [2.75, 3.05) is 31.1 Å². The van der Waals surface area contributed by atoms with Gasteiger partial charge in [0.05, 0.1) is 18.3 Å². The number of carbonyl (C=O) groups is 1. The molecule has 8 heteroatoms. The van der Waals surface area contributed by atoms with Crippen LogP contribution in [0.5, 0.6) is 0 Å². The molecule has 0 atom stereocenters. The zero-order chi connectivity index (χ0) is 18.0. The Balaban J connectivity index is 1.62. The maximum absolute atomic E-state index is 12.5. The van der Waals surface area contributed by atoms with Gasteiger partial charge in [0.15, 0.2) is 0 Å². The van der Waals surface area contributed by atoms with E-state index in [4.69, 9.17) is 11.6 Å². The van der Waals surface area contributed by atoms with Crippen LogP contribution >= 0.6 is 27.5 Å². The van der Waals surface area contributed by atoms with Crippen LogP contribution in [-0.4, -0.2) is 46.8 Å². The molecular weight excluding hydrogens is 408 g/mol. The van der Waals surface area contributed by atoms with Crippen molar-refractivity contribution >= 4 is 39.1 Å². The van der Waals surface area contributed by atoms with Crippen molar-refractivity contribution in [3.8, 4) is 0 Å². The second-order valence-electron chi connectivity index (χ2n) is 5.94. The molecule has 0 radical (unpaired) electrons. The molecule has 0 aliphatic carbocycles. The highest BCUT2D eigenvalue weighted by molar-refractivity contribution is 9.10. The lowest BCUT2D eigenvalue weighted by Crippen LogP contribution is -2.49. The van der Waals surface area contributed by atoms with Gasteiger partial charge in [0.1, 0.15) is 4.47 Å². The van der Waals surface area contributed by atoms with Gasteiger partial charge in [-0.1, -0.05) is 23.7 Å². The molecular formula is C17H18BrClN4O2. The lowest BCUT2D eigenvalue weighted by molar-refractivity contribution is -0.130. The van der Waals surface area contributed by atoms with Crippen molar-refractivity contribution in [2.45, 2.75) is 6.42 Å². The molecule has 3 rings (SSSR count). The van der Waals surface area contributed by atoms with Gasteiger partial charge in [-0.05, 0) is 33.6 Å². The molecule has 6 nitrogen and oxygen atoms in total. The first kappa shape index (κ1) is 17.9. The predicted molar refractivity (Wildman–Crippen MR) is 101 cm³/mol. The fraction of sp³-hybridized carbons (Fsp3) is 0.353. The number of carbonyl (C=O) groups excluding carboxylic acids is 1. The van der Waals surface area contributed by atoms with E-state index in [1.807, 2.05) is 17.0 Å². The summed E-state index contributed by atoms with van der Waals surface area (Å²) in [5, 5.41) is 4.74. The van der Waals surface area contributed by atoms with E-state index in [2.05, 4.69) is 25.9 Å². The summed E-state index contributed by atoms with van der Waals surface area (Å²) in [5.74, 6) is 0.100. The van der Waals surface area contributed by atoms with E-state index in [0.29, 0.717) is 42.1 Å². The number of halogens is 2. The fourth-order valence-electron chi connectivity index (χ4n) is 2.81. The van der Waals surface area contributed by atoms with Gasteiger partial charge in [-0.3, -0.25) is 9.59 Å². The second kappa shape index (κ2) is 7.58. The Morgan fingerprint density at radius 1 is 1.20 bits per heavy atom. The number of nitrogens with zero attached hydrogens (tertiary/aromatic N) is 4. The highest BCUT2D eigenvalue weighted by Crippen LogP contribution is 2.23. The molecule has 1 fully saturated rings. The van der Waals surface area contributed by atoms with Gasteiger partial charge >= 0.3 is 0 Å². The number of rotatable bonds is 3. The first-order valence-electron chi connectivity index (χ1n) is 7.94. The monoisotopic (exact) mass is 424 g/mol. The standard InChI is InChI=1S/C17H18BrClN4O2/c1-21-17(25)16(18)14(11-20-21)22-6-8-23(9-7-22)15(24)10-12-2-4-13(19)5-3-12/h2-5,11H,6-10H2,1H3. The van der Waals surface area contributed by atoms with E-state index >= 15 is 0 Å². The Labute approximate surface area is 159 Å². The van der Waals surface area contributed by atoms with E-state index in [1.165, 1.54) is 4.68 Å². The van der Waals surface area contributed by atoms with Crippen molar-refractivity contribution in [2.24, 2.45) is 7.05 Å². The van der Waals surface area contributed by atoms with Gasteiger partial charge in [-0.2, -0.15) is 5.10 Å². The Hall–Kier alpha value is -1.86. The zero-order valence-electron chi connectivity index (χ0n) is 13.8. The third-order valence-electron chi connectivity index (χ3n) is 4.30. The Kier molecular flexibility index (Phi) is 5.44. The molecule has 25 heavy (non-hydrogen) atoms. The van der Waals surface area contributed by atoms with Crippen molar-refractivity contribution in [3.63, 3.8) is 0 Å². The van der Waals surface area contributed by atoms with Crippen molar-refractivity contribution < 1.29 is 4.79 Å². The van der Waals surface area contributed by atoms with Crippen LogP contribution in [0.1, 0.15) is 5.56 Å². The van der Waals surface area contributed by atoms with Crippen molar-refractivity contribution in [1.29, 1.82) is 0 Å². The molecule has 2 heterocycles. The number of piperazine rings is 1. The molecule has 1 saturated heterocycles. The smallest absolute Gasteiger partial charge is 0.282 e. The molecule has 132 valence electrons. The molecule has 1 amide bonds. The highest BCUT2D eigenvalue weighted by atomic mass is 79.9. The molecule has 1 aromatic carbocycles. The summed E-state index contributed by atoms with van der Waals surface area (Å²) in [6, 6.07) is 7.34. The molecule has 0 N–H and O–H groups in total. The minimum Gasteiger partial charge on any atom is -0.366 e. The summed E-state index contributed by atoms with van der Waals surface area (Å²) in [4.78, 5) is 28.4. The Morgan fingerprint density at radius 2 is 1.84 bits per heavy atom. The van der Waals surface area contributed by atoms with Crippen LogP contribution in [0.25, 0.3) is 0 Å². The first-order chi connectivity index (χ1) is 12.0. The van der Waals surface area contributed by atoms with Crippen molar-refractivity contribution in [1.82, 2.24) is 14.7 Å². The number of hydrogen-bond donors (Lipinski definition) is 0. The molecule has 2 aromatic rings. The molecule has 0 bridgehead atoms. The molecule has 0 spiro atoms. The van der Waals surface area contributed by atoms with Crippen LogP contribution in [0.4, 0.5) is 5.69 Å². The normalized spacial score (nSPS) is 14.7. The molecule has 1 aromatic heterocycles. The van der Waals surface area contributed by atoms with Crippen LogP contribution < -0.4 is 10.5 Å². The summed E-state index contributed by atoms with van der Waals surface area (Å²) < 4.78 is 1.80. The average Bonchev–Trinajstić information content (AvgIpc) is 2.62. The maximum Gasteiger partial charge on any atom is 0.282 e. The lowest BCUT2D eigenvalue weighted by Gasteiger charge is -2.36. The Bertz CT molecular complexity index is 830. The molecule has 0 unspecified atom stereocenters. The van der Waals surface area contributed by atoms with Crippen LogP contribution in [0.2, 0.25) is 5.02 Å². The topological polar surface area (TPSA) is 58.4 Å². The SMILES string of the molecule is Cn1ncc(N2CCN(C(=O)Cc3ccc(Cl)cc3)CC2)c(Br)c1=O. The van der Waals surface area contributed by atoms with Gasteiger partial charge in [0.2, 0.25) is 5.91 Å². The van der Waals surface area contributed by atoms with E-state index in [0.717, 1.165) is 11.3 Å². The first-order valence-corrected chi connectivity index (χ1v) is 9.12. The van der Waals surface area contributed by atoms with E-state index in [9.17, 15) is 9.59 Å². The number of hydrogen-bond acceptors (Lipinski definition) is 4. The number of amides is 1. The van der Waals surface area contributed by atoms with Gasteiger partial charge in [0, 0.05) is 38.2 Å². The molecule has 1 aliphatic rings. The number of aromatic nitrogens is 2. The third kappa shape index (κ3) is 4.04. The maximum atomic E-state index is 12.5. The minimum atomic E-state index is -0.168. The lowest BCUT2D eigenvalue weighted by atomic mass is 10.1. The summed E-state index contributed by atoms with van der Waals surface area (Å²) in [6.45, 7) is 2.57. The minimum absolute atomic E-state index is 0.100. The van der Waals surface area contributed by atoms with Crippen molar-refractivity contribution in [3.05, 3.63) is 55.9 Å². The number of anilines is 1. The van der Waals surface area contributed by atoms with Crippen LogP contribution in [-0.2, 0) is 18.3 Å². The predicted octanol–water partition coefficient (Wildman–Crippen LogP) is 2.09. The second-order valence-corrected chi connectivity index (χ2v) is 7.17. The van der Waals surface area contributed by atoms with Gasteiger partial charge in [0.25, 0.3) is 5.56 Å². The third-order valence-corrected chi connectivity index (χ3v) is 5.30. The number of aryl methyl sites for hydroxylation is 1.